The molecule has 0 aliphatic carbocycles. The van der Waals surface area contributed by atoms with Gasteiger partial charge in [0.15, 0.2) is 17.9 Å². The van der Waals surface area contributed by atoms with Crippen molar-refractivity contribution in [3.63, 3.8) is 0 Å². The van der Waals surface area contributed by atoms with E-state index >= 15 is 13.2 Å². The molecule has 3 atom stereocenters. The first kappa shape index (κ1) is 42.3. The van der Waals surface area contributed by atoms with E-state index < -0.39 is 65.0 Å². The van der Waals surface area contributed by atoms with Crippen LogP contribution in [-0.4, -0.2) is 67.2 Å². The van der Waals surface area contributed by atoms with Gasteiger partial charge in [-0.3, -0.25) is 4.79 Å². The van der Waals surface area contributed by atoms with Crippen molar-refractivity contribution in [2.75, 3.05) is 20.3 Å². The van der Waals surface area contributed by atoms with Crippen molar-refractivity contribution in [3.8, 4) is 11.3 Å². The van der Waals surface area contributed by atoms with Gasteiger partial charge in [-0.25, -0.2) is 18.2 Å². The van der Waals surface area contributed by atoms with E-state index in [2.05, 4.69) is 10.3 Å². The maximum atomic E-state index is 15.0. The van der Waals surface area contributed by atoms with E-state index in [0.29, 0.717) is 40.2 Å². The van der Waals surface area contributed by atoms with Gasteiger partial charge in [0.25, 0.3) is 0 Å². The van der Waals surface area contributed by atoms with Crippen LogP contribution in [0.4, 0.5) is 18.0 Å². The highest BCUT2D eigenvalue weighted by Gasteiger charge is 2.46. The number of ketones is 1. The van der Waals surface area contributed by atoms with Crippen LogP contribution >= 0.6 is 11.3 Å². The monoisotopic (exact) mass is 811 g/mol. The number of rotatable bonds is 16. The van der Waals surface area contributed by atoms with Gasteiger partial charge in [0, 0.05) is 34.2 Å². The number of thiophene rings is 1. The first-order chi connectivity index (χ1) is 26.5. The van der Waals surface area contributed by atoms with Gasteiger partial charge in [-0.05, 0) is 59.4 Å². The maximum Gasteiger partial charge on any atom is 0.407 e. The fourth-order valence-corrected chi connectivity index (χ4v) is 9.28. The Morgan fingerprint density at radius 2 is 1.50 bits per heavy atom. The molecular formula is C41H44F3N3O7S2. The van der Waals surface area contributed by atoms with Gasteiger partial charge in [0.1, 0.15) is 6.04 Å². The van der Waals surface area contributed by atoms with Crippen LogP contribution < -0.4 is 5.32 Å². The Morgan fingerprint density at radius 1 is 0.911 bits per heavy atom. The Kier molecular flexibility index (Phi) is 13.6. The second-order valence-corrected chi connectivity index (χ2v) is 17.5. The van der Waals surface area contributed by atoms with Gasteiger partial charge < -0.3 is 19.6 Å². The number of Topliss-reactive ketones (excluding diaryl/α,β-unsaturated/α-hetero) is 1. The lowest BCUT2D eigenvalue weighted by Crippen LogP contribution is -2.46. The molecule has 0 saturated carbocycles. The van der Waals surface area contributed by atoms with E-state index in [0.717, 1.165) is 11.4 Å². The highest BCUT2D eigenvalue weighted by atomic mass is 32.2. The van der Waals surface area contributed by atoms with Gasteiger partial charge in [-0.15, -0.1) is 11.3 Å². The lowest BCUT2D eigenvalue weighted by atomic mass is 9.81. The summed E-state index contributed by atoms with van der Waals surface area (Å²) in [5.41, 5.74) is 1.42. The zero-order valence-electron chi connectivity index (χ0n) is 31.3. The molecule has 0 radical (unpaired) electrons. The standard InChI is InChI=1S/C41H44F3N3O7S2/c1-40(2,3)21-22-47(56(51,52)30-17-15-27(16-18-30)34-24-45-26-54-34)32(25-48)36-20-19-35(55-36)31(41(42,43)44)23-33(49)38(46-39(50)53-4)37(28-11-7-5-8-12-28)29-13-9-6-10-14-29/h5-20,24,26,31-32,37-38,48H,21-23,25H2,1-4H3,(H,46,50)/t31-,32-,38-/m1/s1. The molecule has 0 aliphatic heterocycles. The van der Waals surface area contributed by atoms with Crippen LogP contribution in [0.2, 0.25) is 0 Å². The lowest BCUT2D eigenvalue weighted by Gasteiger charge is -2.32. The number of hydrogen-bond acceptors (Lipinski definition) is 9. The van der Waals surface area contributed by atoms with E-state index in [1.165, 1.54) is 36.9 Å². The van der Waals surface area contributed by atoms with Gasteiger partial charge in [-0.2, -0.15) is 17.5 Å². The summed E-state index contributed by atoms with van der Waals surface area (Å²) in [6.45, 7) is 5.00. The SMILES string of the molecule is COC(=O)N[C@H](C(=O)C[C@H](c1ccc([C@@H](CO)N(CCC(C)(C)C)S(=O)(=O)c2ccc(-c3cnco3)cc2)s1)C(F)(F)F)C(c1ccccc1)c1ccccc1. The van der Waals surface area contributed by atoms with Crippen LogP contribution in [0.25, 0.3) is 11.3 Å². The molecule has 2 heterocycles. The topological polar surface area (TPSA) is 139 Å². The van der Waals surface area contributed by atoms with Crippen LogP contribution in [0.1, 0.15) is 72.4 Å². The average molecular weight is 812 g/mol. The molecule has 3 aromatic carbocycles. The van der Waals surface area contributed by atoms with Crippen LogP contribution in [0.3, 0.4) is 0 Å². The Bertz CT molecular complexity index is 2100. The van der Waals surface area contributed by atoms with E-state index in [4.69, 9.17) is 9.15 Å². The number of aliphatic hydroxyl groups is 1. The van der Waals surface area contributed by atoms with Gasteiger partial charge in [-0.1, -0.05) is 81.4 Å². The summed E-state index contributed by atoms with van der Waals surface area (Å²) in [5, 5.41) is 13.2. The molecule has 0 bridgehead atoms. The largest absolute Gasteiger partial charge is 0.453 e. The minimum Gasteiger partial charge on any atom is -0.453 e. The van der Waals surface area contributed by atoms with Crippen LogP contribution in [-0.2, 0) is 19.6 Å². The minimum atomic E-state index is -4.92. The molecule has 5 aromatic rings. The second kappa shape index (κ2) is 18.0. The normalized spacial score (nSPS) is 14.0. The Balaban J connectivity index is 1.50. The molecular weight excluding hydrogens is 768 g/mol. The number of carbonyl (C=O) groups excluding carboxylic acids is 2. The summed E-state index contributed by atoms with van der Waals surface area (Å²) in [7, 11) is -3.21. The fourth-order valence-electron chi connectivity index (χ4n) is 6.37. The quantitative estimate of drug-likeness (QED) is 0.101. The summed E-state index contributed by atoms with van der Waals surface area (Å²) in [6.07, 6.45) is -3.84. The third-order valence-electron chi connectivity index (χ3n) is 9.36. The number of aromatic nitrogens is 1. The van der Waals surface area contributed by atoms with Crippen LogP contribution in [0.5, 0.6) is 0 Å². The highest BCUT2D eigenvalue weighted by Crippen LogP contribution is 2.44. The smallest absolute Gasteiger partial charge is 0.407 e. The molecule has 0 fully saturated rings. The van der Waals surface area contributed by atoms with E-state index in [-0.39, 0.29) is 26.6 Å². The number of amides is 1. The van der Waals surface area contributed by atoms with E-state index in [9.17, 15) is 23.1 Å². The van der Waals surface area contributed by atoms with Gasteiger partial charge in [0.2, 0.25) is 10.0 Å². The summed E-state index contributed by atoms with van der Waals surface area (Å²) >= 11 is 0.678. The molecule has 298 valence electrons. The Morgan fingerprint density at radius 3 is 2.00 bits per heavy atom. The van der Waals surface area contributed by atoms with Gasteiger partial charge in [0.05, 0.1) is 36.8 Å². The fraction of sp³-hybridized carbons (Fsp3) is 0.341. The number of sulfonamides is 1. The molecule has 0 aliphatic rings. The number of nitrogens with zero attached hydrogens (tertiary/aromatic N) is 2. The number of nitrogens with one attached hydrogen (secondary N) is 1. The van der Waals surface area contributed by atoms with Crippen LogP contribution in [0, 0.1) is 5.41 Å². The third kappa shape index (κ3) is 10.3. The van der Waals surface area contributed by atoms with Crippen molar-refractivity contribution in [3.05, 3.63) is 131 Å². The summed E-state index contributed by atoms with van der Waals surface area (Å²) < 4.78 is 84.8. The van der Waals surface area contributed by atoms with Crippen molar-refractivity contribution < 1.29 is 45.4 Å². The van der Waals surface area contributed by atoms with E-state index in [1.807, 2.05) is 20.8 Å². The number of methoxy groups -OCH3 is 1. The zero-order chi connectivity index (χ0) is 40.7. The van der Waals surface area contributed by atoms with Crippen molar-refractivity contribution in [2.45, 2.75) is 68.6 Å². The number of hydrogen-bond donors (Lipinski definition) is 2. The predicted molar refractivity (Wildman–Crippen MR) is 207 cm³/mol. The minimum absolute atomic E-state index is 0.0451. The summed E-state index contributed by atoms with van der Waals surface area (Å²) in [5.74, 6) is -3.64. The summed E-state index contributed by atoms with van der Waals surface area (Å²) in [4.78, 5) is 30.5. The molecule has 1 amide bonds. The molecule has 0 unspecified atom stereocenters. The molecule has 5 rings (SSSR count). The molecule has 2 N–H and O–H groups in total. The Hall–Kier alpha value is -4.83. The number of carbonyl (C=O) groups is 2. The maximum absolute atomic E-state index is 15.0. The molecule has 2 aromatic heterocycles. The number of alkyl carbamates (subject to hydrolysis) is 1. The number of benzene rings is 3. The molecule has 15 heteroatoms. The first-order valence-corrected chi connectivity index (χ1v) is 20.0. The molecule has 10 nitrogen and oxygen atoms in total. The second-order valence-electron chi connectivity index (χ2n) is 14.4. The first-order valence-electron chi connectivity index (χ1n) is 17.8. The highest BCUT2D eigenvalue weighted by molar-refractivity contribution is 7.89. The Labute approximate surface area is 328 Å². The predicted octanol–water partition coefficient (Wildman–Crippen LogP) is 8.73. The number of halogens is 3. The van der Waals surface area contributed by atoms with Crippen molar-refractivity contribution in [1.29, 1.82) is 0 Å². The molecule has 56 heavy (non-hydrogen) atoms. The van der Waals surface area contributed by atoms with Crippen molar-refractivity contribution in [1.82, 2.24) is 14.6 Å². The van der Waals surface area contributed by atoms with Gasteiger partial charge >= 0.3 is 12.3 Å². The summed E-state index contributed by atoms with van der Waals surface area (Å²) in [6, 6.07) is 23.1. The number of alkyl halides is 3. The van der Waals surface area contributed by atoms with Crippen LogP contribution in [0.15, 0.2) is 119 Å². The number of aliphatic hydroxyl groups excluding tert-OH is 1. The van der Waals surface area contributed by atoms with E-state index in [1.54, 1.807) is 72.8 Å². The third-order valence-corrected chi connectivity index (χ3v) is 12.6. The lowest BCUT2D eigenvalue weighted by molar-refractivity contribution is -0.156. The van der Waals surface area contributed by atoms with Crippen molar-refractivity contribution >= 4 is 33.2 Å². The average Bonchev–Trinajstić information content (AvgIpc) is 3.89. The number of ether oxygens (including phenoxy) is 1. The molecule has 0 saturated heterocycles. The van der Waals surface area contributed by atoms with Crippen molar-refractivity contribution in [2.24, 2.45) is 5.41 Å². The molecule has 0 spiro atoms. The zero-order valence-corrected chi connectivity index (χ0v) is 32.9. The number of oxazole rings is 1.